The van der Waals surface area contributed by atoms with Gasteiger partial charge in [0.25, 0.3) is 5.91 Å². The fourth-order valence-electron chi connectivity index (χ4n) is 2.98. The summed E-state index contributed by atoms with van der Waals surface area (Å²) in [7, 11) is 1.71. The summed E-state index contributed by atoms with van der Waals surface area (Å²) in [5.74, 6) is -2.63. The van der Waals surface area contributed by atoms with Gasteiger partial charge in [-0.2, -0.15) is 5.10 Å². The van der Waals surface area contributed by atoms with Gasteiger partial charge in [0.05, 0.1) is 17.7 Å². The monoisotopic (exact) mass is 317 g/mol. The van der Waals surface area contributed by atoms with Crippen LogP contribution in [0.25, 0.3) is 0 Å². The van der Waals surface area contributed by atoms with Crippen LogP contribution in [-0.2, 0) is 11.8 Å². The molecule has 3 rings (SSSR count). The second kappa shape index (κ2) is 5.83. The minimum absolute atomic E-state index is 0.130. The minimum atomic E-state index is -0.958. The van der Waals surface area contributed by atoms with Gasteiger partial charge in [0.1, 0.15) is 5.82 Å². The van der Waals surface area contributed by atoms with Crippen LogP contribution in [0.3, 0.4) is 0 Å². The highest BCUT2D eigenvalue weighted by molar-refractivity contribution is 5.94. The number of rotatable bonds is 3. The lowest BCUT2D eigenvalue weighted by Crippen LogP contribution is -2.29. The molecule has 120 valence electrons. The lowest BCUT2D eigenvalue weighted by Gasteiger charge is -2.15. The first-order chi connectivity index (χ1) is 11.0. The molecule has 1 amide bonds. The second-order valence-corrected chi connectivity index (χ2v) is 5.72. The van der Waals surface area contributed by atoms with Crippen molar-refractivity contribution in [3.8, 4) is 0 Å². The average Bonchev–Trinajstić information content (AvgIpc) is 3.14. The van der Waals surface area contributed by atoms with E-state index in [9.17, 15) is 19.1 Å². The van der Waals surface area contributed by atoms with Gasteiger partial charge < -0.3 is 10.0 Å². The van der Waals surface area contributed by atoms with Gasteiger partial charge in [-0.1, -0.05) is 12.1 Å². The molecule has 0 bridgehead atoms. The van der Waals surface area contributed by atoms with E-state index in [4.69, 9.17) is 0 Å². The fraction of sp³-hybridized carbons (Fsp3) is 0.312. The van der Waals surface area contributed by atoms with Crippen LogP contribution in [-0.4, -0.2) is 44.8 Å². The zero-order valence-electron chi connectivity index (χ0n) is 12.5. The average molecular weight is 317 g/mol. The number of benzene rings is 1. The van der Waals surface area contributed by atoms with E-state index in [0.29, 0.717) is 5.56 Å². The van der Waals surface area contributed by atoms with E-state index in [1.807, 2.05) is 0 Å². The summed E-state index contributed by atoms with van der Waals surface area (Å²) >= 11 is 0. The molecule has 7 heteroatoms. The zero-order valence-corrected chi connectivity index (χ0v) is 12.5. The van der Waals surface area contributed by atoms with Crippen molar-refractivity contribution in [3.63, 3.8) is 0 Å². The van der Waals surface area contributed by atoms with Crippen LogP contribution in [0.15, 0.2) is 36.7 Å². The Balaban J connectivity index is 1.85. The fourth-order valence-corrected chi connectivity index (χ4v) is 2.98. The summed E-state index contributed by atoms with van der Waals surface area (Å²) in [4.78, 5) is 25.5. The number of halogens is 1. The van der Waals surface area contributed by atoms with E-state index in [-0.39, 0.29) is 30.7 Å². The number of aromatic nitrogens is 2. The molecular weight excluding hydrogens is 301 g/mol. The van der Waals surface area contributed by atoms with Gasteiger partial charge in [0, 0.05) is 32.3 Å². The van der Waals surface area contributed by atoms with Gasteiger partial charge in [-0.3, -0.25) is 14.3 Å². The molecule has 1 aromatic carbocycles. The Hall–Kier alpha value is -2.70. The van der Waals surface area contributed by atoms with Gasteiger partial charge in [0.2, 0.25) is 0 Å². The van der Waals surface area contributed by atoms with Gasteiger partial charge in [0.15, 0.2) is 0 Å². The normalized spacial score (nSPS) is 20.7. The number of carbonyl (C=O) groups is 2. The molecule has 1 N–H and O–H groups in total. The van der Waals surface area contributed by atoms with Crippen LogP contribution < -0.4 is 0 Å². The van der Waals surface area contributed by atoms with Crippen LogP contribution in [0, 0.1) is 11.7 Å². The molecule has 2 heterocycles. The van der Waals surface area contributed by atoms with Crippen molar-refractivity contribution >= 4 is 11.9 Å². The predicted molar refractivity (Wildman–Crippen MR) is 79.4 cm³/mol. The Kier molecular flexibility index (Phi) is 3.85. The Bertz CT molecular complexity index is 741. The highest BCUT2D eigenvalue weighted by Gasteiger charge is 2.40. The van der Waals surface area contributed by atoms with E-state index < -0.39 is 11.9 Å². The minimum Gasteiger partial charge on any atom is -0.481 e. The molecule has 0 aliphatic carbocycles. The molecule has 23 heavy (non-hydrogen) atoms. The second-order valence-electron chi connectivity index (χ2n) is 5.72. The molecule has 0 unspecified atom stereocenters. The van der Waals surface area contributed by atoms with Gasteiger partial charge in [-0.25, -0.2) is 4.39 Å². The van der Waals surface area contributed by atoms with E-state index in [0.717, 1.165) is 5.56 Å². The number of carbonyl (C=O) groups excluding carboxylic acids is 1. The summed E-state index contributed by atoms with van der Waals surface area (Å²) in [6.07, 6.45) is 3.06. The highest BCUT2D eigenvalue weighted by Crippen LogP contribution is 2.33. The SMILES string of the molecule is Cn1cc(C(=O)N2C[C@H](C(=O)O)[C@@H](c3ccc(F)cc3)C2)cn1. The van der Waals surface area contributed by atoms with Crippen molar-refractivity contribution in [2.75, 3.05) is 13.1 Å². The Labute approximate surface area is 132 Å². The number of carboxylic acid groups (broad SMARTS) is 1. The first kappa shape index (κ1) is 15.2. The number of nitrogens with zero attached hydrogens (tertiary/aromatic N) is 3. The van der Waals surface area contributed by atoms with Crippen LogP contribution in [0.4, 0.5) is 4.39 Å². The van der Waals surface area contributed by atoms with Crippen LogP contribution in [0.2, 0.25) is 0 Å². The van der Waals surface area contributed by atoms with Gasteiger partial charge in [-0.15, -0.1) is 0 Å². The standard InChI is InChI=1S/C16H16FN3O3/c1-19-7-11(6-18-19)15(21)20-8-13(14(9-20)16(22)23)10-2-4-12(17)5-3-10/h2-7,13-14H,8-9H2,1H3,(H,22,23)/t13-,14+/m1/s1. The van der Waals surface area contributed by atoms with Crippen molar-refractivity contribution in [1.29, 1.82) is 0 Å². The third-order valence-corrected chi connectivity index (χ3v) is 4.17. The number of aryl methyl sites for hydroxylation is 1. The maximum Gasteiger partial charge on any atom is 0.308 e. The molecule has 1 aliphatic rings. The van der Waals surface area contributed by atoms with Crippen molar-refractivity contribution in [1.82, 2.24) is 14.7 Å². The van der Waals surface area contributed by atoms with E-state index in [2.05, 4.69) is 5.10 Å². The topological polar surface area (TPSA) is 75.4 Å². The molecule has 1 saturated heterocycles. The summed E-state index contributed by atoms with van der Waals surface area (Å²) < 4.78 is 14.6. The van der Waals surface area contributed by atoms with Gasteiger partial charge in [-0.05, 0) is 17.7 Å². The summed E-state index contributed by atoms with van der Waals surface area (Å²) in [5, 5.41) is 13.4. The summed E-state index contributed by atoms with van der Waals surface area (Å²) in [6.45, 7) is 0.418. The van der Waals surface area contributed by atoms with Crippen LogP contribution >= 0.6 is 0 Å². The largest absolute Gasteiger partial charge is 0.481 e. The first-order valence-electron chi connectivity index (χ1n) is 7.22. The third-order valence-electron chi connectivity index (χ3n) is 4.17. The maximum atomic E-state index is 13.1. The zero-order chi connectivity index (χ0) is 16.6. The van der Waals surface area contributed by atoms with E-state index in [1.54, 1.807) is 25.4 Å². The van der Waals surface area contributed by atoms with Crippen molar-refractivity contribution < 1.29 is 19.1 Å². The maximum absolute atomic E-state index is 13.1. The molecule has 0 radical (unpaired) electrons. The molecule has 1 aromatic heterocycles. The molecule has 6 nitrogen and oxygen atoms in total. The third kappa shape index (κ3) is 2.94. The number of hydrogen-bond donors (Lipinski definition) is 1. The molecule has 0 spiro atoms. The van der Waals surface area contributed by atoms with Gasteiger partial charge >= 0.3 is 5.97 Å². The smallest absolute Gasteiger partial charge is 0.308 e. The van der Waals surface area contributed by atoms with Crippen LogP contribution in [0.1, 0.15) is 21.8 Å². The molecular formula is C16H16FN3O3. The highest BCUT2D eigenvalue weighted by atomic mass is 19.1. The lowest BCUT2D eigenvalue weighted by atomic mass is 9.89. The summed E-state index contributed by atoms with van der Waals surface area (Å²) in [5.41, 5.74) is 1.15. The number of likely N-dealkylation sites (tertiary alicyclic amines) is 1. The Morgan fingerprint density at radius 2 is 1.96 bits per heavy atom. The molecule has 0 saturated carbocycles. The van der Waals surface area contributed by atoms with Crippen LogP contribution in [0.5, 0.6) is 0 Å². The quantitative estimate of drug-likeness (QED) is 0.931. The van der Waals surface area contributed by atoms with Crippen molar-refractivity contribution in [2.45, 2.75) is 5.92 Å². The molecule has 2 atom stereocenters. The predicted octanol–water partition coefficient (Wildman–Crippen LogP) is 1.50. The summed E-state index contributed by atoms with van der Waals surface area (Å²) in [6, 6.07) is 5.77. The molecule has 1 aliphatic heterocycles. The Morgan fingerprint density at radius 1 is 1.26 bits per heavy atom. The first-order valence-corrected chi connectivity index (χ1v) is 7.22. The number of hydrogen-bond acceptors (Lipinski definition) is 3. The Morgan fingerprint density at radius 3 is 2.52 bits per heavy atom. The van der Waals surface area contributed by atoms with E-state index >= 15 is 0 Å². The van der Waals surface area contributed by atoms with Crippen molar-refractivity contribution in [3.05, 3.63) is 53.6 Å². The number of aliphatic carboxylic acids is 1. The number of carboxylic acids is 1. The van der Waals surface area contributed by atoms with Crippen molar-refractivity contribution in [2.24, 2.45) is 13.0 Å². The number of amides is 1. The molecule has 1 fully saturated rings. The van der Waals surface area contributed by atoms with E-state index in [1.165, 1.54) is 27.9 Å². The molecule has 2 aromatic rings. The lowest BCUT2D eigenvalue weighted by molar-refractivity contribution is -0.141.